The van der Waals surface area contributed by atoms with Gasteiger partial charge in [-0.3, -0.25) is 0 Å². The molecule has 0 radical (unpaired) electrons. The summed E-state index contributed by atoms with van der Waals surface area (Å²) < 4.78 is 26.5. The van der Waals surface area contributed by atoms with Gasteiger partial charge in [0.2, 0.25) is 0 Å². The highest BCUT2D eigenvalue weighted by atomic mass is 19.1. The Labute approximate surface area is 110 Å². The number of benzene rings is 2. The number of anilines is 1. The van der Waals surface area contributed by atoms with E-state index in [1.807, 2.05) is 31.2 Å². The first-order valence-corrected chi connectivity index (χ1v) is 6.00. The van der Waals surface area contributed by atoms with Crippen molar-refractivity contribution in [2.24, 2.45) is 0 Å². The number of halogens is 2. The summed E-state index contributed by atoms with van der Waals surface area (Å²) in [4.78, 5) is 0. The predicted octanol–water partition coefficient (Wildman–Crippen LogP) is 3.42. The van der Waals surface area contributed by atoms with Crippen LogP contribution >= 0.6 is 0 Å². The van der Waals surface area contributed by atoms with Gasteiger partial charge in [0.25, 0.3) is 0 Å². The van der Waals surface area contributed by atoms with Crippen LogP contribution in [0.3, 0.4) is 0 Å². The summed E-state index contributed by atoms with van der Waals surface area (Å²) in [5.74, 6) is -1.18. The summed E-state index contributed by atoms with van der Waals surface area (Å²) in [6, 6.07) is 10.6. The van der Waals surface area contributed by atoms with Gasteiger partial charge in [0.1, 0.15) is 11.6 Å². The average Bonchev–Trinajstić information content (AvgIpc) is 2.39. The molecule has 4 heteroatoms. The molecule has 0 fully saturated rings. The van der Waals surface area contributed by atoms with Crippen molar-refractivity contribution in [2.45, 2.75) is 13.0 Å². The third-order valence-electron chi connectivity index (χ3n) is 2.83. The Bertz CT molecular complexity index is 572. The lowest BCUT2D eigenvalue weighted by Crippen LogP contribution is -2.13. The summed E-state index contributed by atoms with van der Waals surface area (Å²) in [6.07, 6.45) is -1.10. The van der Waals surface area contributed by atoms with Crippen LogP contribution in [-0.4, -0.2) is 11.7 Å². The SMILES string of the molecule is Cc1cccc(NCC(O)c2cc(F)ccc2F)c1. The molecule has 1 unspecified atom stereocenters. The van der Waals surface area contributed by atoms with Crippen LogP contribution in [0.25, 0.3) is 0 Å². The minimum absolute atomic E-state index is 0.0415. The number of nitrogens with one attached hydrogen (secondary N) is 1. The maximum atomic E-state index is 13.5. The summed E-state index contributed by atoms with van der Waals surface area (Å²) >= 11 is 0. The van der Waals surface area contributed by atoms with Gasteiger partial charge in [-0.15, -0.1) is 0 Å². The van der Waals surface area contributed by atoms with Gasteiger partial charge in [0.05, 0.1) is 6.10 Å². The molecular formula is C15H15F2NO. The Balaban J connectivity index is 2.05. The zero-order chi connectivity index (χ0) is 13.8. The maximum absolute atomic E-state index is 13.5. The molecule has 0 saturated heterocycles. The van der Waals surface area contributed by atoms with Crippen LogP contribution in [-0.2, 0) is 0 Å². The molecule has 0 heterocycles. The Morgan fingerprint density at radius 1 is 1.16 bits per heavy atom. The number of aliphatic hydroxyl groups excluding tert-OH is 1. The average molecular weight is 263 g/mol. The molecule has 2 rings (SSSR count). The second-order valence-corrected chi connectivity index (χ2v) is 4.43. The van der Waals surface area contributed by atoms with Gasteiger partial charge >= 0.3 is 0 Å². The molecule has 19 heavy (non-hydrogen) atoms. The fraction of sp³-hybridized carbons (Fsp3) is 0.200. The lowest BCUT2D eigenvalue weighted by Gasteiger charge is -2.14. The number of aryl methyl sites for hydroxylation is 1. The molecule has 1 atom stereocenters. The summed E-state index contributed by atoms with van der Waals surface area (Å²) in [7, 11) is 0. The minimum Gasteiger partial charge on any atom is -0.386 e. The monoisotopic (exact) mass is 263 g/mol. The molecule has 0 aliphatic heterocycles. The van der Waals surface area contributed by atoms with Crippen molar-refractivity contribution in [2.75, 3.05) is 11.9 Å². The van der Waals surface area contributed by atoms with E-state index in [9.17, 15) is 13.9 Å². The van der Waals surface area contributed by atoms with Gasteiger partial charge in [-0.1, -0.05) is 12.1 Å². The maximum Gasteiger partial charge on any atom is 0.129 e. The number of rotatable bonds is 4. The van der Waals surface area contributed by atoms with E-state index in [0.717, 1.165) is 29.4 Å². The van der Waals surface area contributed by atoms with Gasteiger partial charge in [0, 0.05) is 17.8 Å². The van der Waals surface area contributed by atoms with Gasteiger partial charge in [-0.2, -0.15) is 0 Å². The second kappa shape index (κ2) is 5.80. The van der Waals surface area contributed by atoms with Gasteiger partial charge in [-0.25, -0.2) is 8.78 Å². The fourth-order valence-electron chi connectivity index (χ4n) is 1.85. The van der Waals surface area contributed by atoms with E-state index in [2.05, 4.69) is 5.32 Å². The zero-order valence-corrected chi connectivity index (χ0v) is 10.5. The van der Waals surface area contributed by atoms with E-state index < -0.39 is 17.7 Å². The van der Waals surface area contributed by atoms with Crippen molar-refractivity contribution in [3.05, 3.63) is 65.2 Å². The minimum atomic E-state index is -1.10. The molecule has 2 nitrogen and oxygen atoms in total. The summed E-state index contributed by atoms with van der Waals surface area (Å²) in [6.45, 7) is 2.07. The molecule has 0 amide bonds. The van der Waals surface area contributed by atoms with Gasteiger partial charge < -0.3 is 10.4 Å². The van der Waals surface area contributed by atoms with E-state index in [1.165, 1.54) is 0 Å². The Morgan fingerprint density at radius 3 is 2.68 bits per heavy atom. The van der Waals surface area contributed by atoms with E-state index in [1.54, 1.807) is 0 Å². The van der Waals surface area contributed by atoms with E-state index in [4.69, 9.17) is 0 Å². The van der Waals surface area contributed by atoms with Gasteiger partial charge in [0.15, 0.2) is 0 Å². The Morgan fingerprint density at radius 2 is 1.95 bits per heavy atom. The molecule has 2 aromatic carbocycles. The van der Waals surface area contributed by atoms with Crippen molar-refractivity contribution < 1.29 is 13.9 Å². The van der Waals surface area contributed by atoms with Crippen LogP contribution in [0, 0.1) is 18.6 Å². The molecule has 0 spiro atoms. The molecule has 2 aromatic rings. The van der Waals surface area contributed by atoms with Crippen LogP contribution in [0.5, 0.6) is 0 Å². The van der Waals surface area contributed by atoms with Crippen LogP contribution < -0.4 is 5.32 Å². The highest BCUT2D eigenvalue weighted by Gasteiger charge is 2.13. The normalized spacial score (nSPS) is 12.2. The Kier molecular flexibility index (Phi) is 4.12. The largest absolute Gasteiger partial charge is 0.386 e. The molecule has 0 bridgehead atoms. The molecule has 0 aliphatic carbocycles. The highest BCUT2D eigenvalue weighted by molar-refractivity contribution is 5.45. The van der Waals surface area contributed by atoms with Crippen LogP contribution in [0.15, 0.2) is 42.5 Å². The quantitative estimate of drug-likeness (QED) is 0.886. The molecule has 0 aromatic heterocycles. The van der Waals surface area contributed by atoms with Crippen molar-refractivity contribution in [3.63, 3.8) is 0 Å². The third kappa shape index (κ3) is 3.51. The highest BCUT2D eigenvalue weighted by Crippen LogP contribution is 2.19. The first kappa shape index (κ1) is 13.5. The van der Waals surface area contributed by atoms with Crippen molar-refractivity contribution >= 4 is 5.69 Å². The predicted molar refractivity (Wildman–Crippen MR) is 71.0 cm³/mol. The van der Waals surface area contributed by atoms with E-state index in [-0.39, 0.29) is 12.1 Å². The third-order valence-corrected chi connectivity index (χ3v) is 2.83. The number of hydrogen-bond donors (Lipinski definition) is 2. The lowest BCUT2D eigenvalue weighted by molar-refractivity contribution is 0.186. The van der Waals surface area contributed by atoms with Crippen molar-refractivity contribution in [1.29, 1.82) is 0 Å². The van der Waals surface area contributed by atoms with Crippen LogP contribution in [0.4, 0.5) is 14.5 Å². The fourth-order valence-corrected chi connectivity index (χ4v) is 1.85. The molecule has 100 valence electrons. The molecule has 0 aliphatic rings. The van der Waals surface area contributed by atoms with Gasteiger partial charge in [-0.05, 0) is 42.8 Å². The summed E-state index contributed by atoms with van der Waals surface area (Å²) in [5.41, 5.74) is 1.87. The van der Waals surface area contributed by atoms with Crippen LogP contribution in [0.1, 0.15) is 17.2 Å². The van der Waals surface area contributed by atoms with E-state index in [0.29, 0.717) is 0 Å². The van der Waals surface area contributed by atoms with Crippen molar-refractivity contribution in [3.8, 4) is 0 Å². The zero-order valence-electron chi connectivity index (χ0n) is 10.5. The number of hydrogen-bond acceptors (Lipinski definition) is 2. The smallest absolute Gasteiger partial charge is 0.129 e. The van der Waals surface area contributed by atoms with Crippen LogP contribution in [0.2, 0.25) is 0 Å². The second-order valence-electron chi connectivity index (χ2n) is 4.43. The Hall–Kier alpha value is -1.94. The standard InChI is InChI=1S/C15H15F2NO/c1-10-3-2-4-12(7-10)18-9-15(19)13-8-11(16)5-6-14(13)17/h2-8,15,18-19H,9H2,1H3. The molecule has 0 saturated carbocycles. The number of aliphatic hydroxyl groups is 1. The molecule has 2 N–H and O–H groups in total. The van der Waals surface area contributed by atoms with Crippen molar-refractivity contribution in [1.82, 2.24) is 0 Å². The lowest BCUT2D eigenvalue weighted by atomic mass is 10.1. The topological polar surface area (TPSA) is 32.3 Å². The van der Waals surface area contributed by atoms with E-state index >= 15 is 0 Å². The first-order chi connectivity index (χ1) is 9.06. The first-order valence-electron chi connectivity index (χ1n) is 6.00. The summed E-state index contributed by atoms with van der Waals surface area (Å²) in [5, 5.41) is 12.9. The molecular weight excluding hydrogens is 248 g/mol.